The van der Waals surface area contributed by atoms with Gasteiger partial charge in [0, 0.05) is 12.3 Å². The molecule has 1 aromatic carbocycles. The molecule has 0 unspecified atom stereocenters. The van der Waals surface area contributed by atoms with Crippen LogP contribution in [0.5, 0.6) is 0 Å². The van der Waals surface area contributed by atoms with E-state index >= 15 is 0 Å². The minimum atomic E-state index is 0.396. The number of nitrogens with two attached hydrogens (primary N) is 1. The van der Waals surface area contributed by atoms with E-state index in [0.29, 0.717) is 5.84 Å². The Kier molecular flexibility index (Phi) is 3.20. The lowest BCUT2D eigenvalue weighted by Crippen LogP contribution is -2.42. The van der Waals surface area contributed by atoms with Crippen molar-refractivity contribution < 1.29 is 0 Å². The van der Waals surface area contributed by atoms with Gasteiger partial charge in [-0.15, -0.1) is 10.3 Å². The predicted molar refractivity (Wildman–Crippen MR) is 78.9 cm³/mol. The zero-order chi connectivity index (χ0) is 13.8. The van der Waals surface area contributed by atoms with Crippen LogP contribution < -0.4 is 16.6 Å². The molecular formula is C14H14N6. The minimum absolute atomic E-state index is 0.396. The quantitative estimate of drug-likeness (QED) is 0.785. The molecule has 0 amide bonds. The molecule has 0 saturated carbocycles. The molecular weight excluding hydrogens is 252 g/mol. The van der Waals surface area contributed by atoms with E-state index in [-0.39, 0.29) is 0 Å². The number of para-hydroxylation sites is 1. The van der Waals surface area contributed by atoms with Gasteiger partial charge in [0.1, 0.15) is 5.84 Å². The highest BCUT2D eigenvalue weighted by atomic mass is 15.9. The van der Waals surface area contributed by atoms with Gasteiger partial charge in [-0.1, -0.05) is 24.3 Å². The predicted octanol–water partition coefficient (Wildman–Crippen LogP) is 1.54. The van der Waals surface area contributed by atoms with Crippen LogP contribution in [0.4, 0.5) is 5.69 Å². The number of anilines is 1. The zero-order valence-corrected chi connectivity index (χ0v) is 10.7. The fourth-order valence-electron chi connectivity index (χ4n) is 1.80. The van der Waals surface area contributed by atoms with Gasteiger partial charge in [0.25, 0.3) is 0 Å². The Morgan fingerprint density at radius 2 is 1.85 bits per heavy atom. The van der Waals surface area contributed by atoms with E-state index in [2.05, 4.69) is 20.9 Å². The van der Waals surface area contributed by atoms with Crippen molar-refractivity contribution in [2.45, 2.75) is 0 Å². The molecule has 6 nitrogen and oxygen atoms in total. The Morgan fingerprint density at radius 1 is 1.05 bits per heavy atom. The second-order valence-corrected chi connectivity index (χ2v) is 4.20. The van der Waals surface area contributed by atoms with Crippen LogP contribution in [0.2, 0.25) is 0 Å². The summed E-state index contributed by atoms with van der Waals surface area (Å²) in [7, 11) is 0. The van der Waals surface area contributed by atoms with Crippen molar-refractivity contribution in [1.82, 2.24) is 15.6 Å². The van der Waals surface area contributed by atoms with E-state index in [0.717, 1.165) is 17.1 Å². The molecule has 1 aromatic heterocycles. The number of rotatable bonds is 3. The Morgan fingerprint density at radius 3 is 2.60 bits per heavy atom. The normalized spacial score (nSPS) is 14.1. The minimum Gasteiger partial charge on any atom is -0.382 e. The van der Waals surface area contributed by atoms with Crippen LogP contribution in [0.25, 0.3) is 5.70 Å². The number of hydrogen-bond acceptors (Lipinski definition) is 6. The van der Waals surface area contributed by atoms with Gasteiger partial charge >= 0.3 is 0 Å². The average molecular weight is 266 g/mol. The smallest absolute Gasteiger partial charge is 0.149 e. The fraction of sp³-hybridized carbons (Fsp3) is 0. The van der Waals surface area contributed by atoms with Gasteiger partial charge in [-0.05, 0) is 24.3 Å². The molecule has 6 heteroatoms. The lowest BCUT2D eigenvalue weighted by molar-refractivity contribution is 0.292. The first-order chi connectivity index (χ1) is 9.81. The van der Waals surface area contributed by atoms with E-state index in [4.69, 9.17) is 5.73 Å². The summed E-state index contributed by atoms with van der Waals surface area (Å²) < 4.78 is 0. The van der Waals surface area contributed by atoms with Crippen LogP contribution in [-0.4, -0.2) is 16.0 Å². The Balaban J connectivity index is 1.79. The largest absolute Gasteiger partial charge is 0.382 e. The van der Waals surface area contributed by atoms with E-state index in [1.54, 1.807) is 12.3 Å². The number of nitrogens with zero attached hydrogens (tertiary/aromatic N) is 3. The third kappa shape index (κ3) is 2.69. The first kappa shape index (κ1) is 12.0. The van der Waals surface area contributed by atoms with Gasteiger partial charge in [-0.3, -0.25) is 15.8 Å². The maximum Gasteiger partial charge on any atom is 0.149 e. The lowest BCUT2D eigenvalue weighted by atomic mass is 10.2. The number of hydrogen-bond donors (Lipinski definition) is 3. The molecule has 4 N–H and O–H groups in total. The van der Waals surface area contributed by atoms with Gasteiger partial charge in [0.05, 0.1) is 17.1 Å². The van der Waals surface area contributed by atoms with Gasteiger partial charge < -0.3 is 5.73 Å². The number of pyridine rings is 1. The number of nitrogens with one attached hydrogen (secondary N) is 2. The molecule has 0 saturated heterocycles. The van der Waals surface area contributed by atoms with Gasteiger partial charge in [-0.2, -0.15) is 0 Å². The summed E-state index contributed by atoms with van der Waals surface area (Å²) in [5.41, 5.74) is 14.5. The highest BCUT2D eigenvalue weighted by Gasteiger charge is 2.13. The molecule has 0 fully saturated rings. The summed E-state index contributed by atoms with van der Waals surface area (Å²) >= 11 is 0. The molecule has 100 valence electrons. The van der Waals surface area contributed by atoms with Crippen LogP contribution in [0.15, 0.2) is 65.9 Å². The van der Waals surface area contributed by atoms with E-state index in [1.165, 1.54) is 5.23 Å². The van der Waals surface area contributed by atoms with Crippen molar-refractivity contribution in [2.24, 2.45) is 10.8 Å². The first-order valence-electron chi connectivity index (χ1n) is 6.17. The van der Waals surface area contributed by atoms with Crippen molar-refractivity contribution in [1.29, 1.82) is 0 Å². The van der Waals surface area contributed by atoms with Crippen LogP contribution in [0.1, 0.15) is 5.69 Å². The second-order valence-electron chi connectivity index (χ2n) is 4.20. The second kappa shape index (κ2) is 5.31. The highest BCUT2D eigenvalue weighted by Crippen LogP contribution is 2.13. The maximum absolute atomic E-state index is 5.83. The summed E-state index contributed by atoms with van der Waals surface area (Å²) in [6.45, 7) is 0. The summed E-state index contributed by atoms with van der Waals surface area (Å²) in [5.74, 6) is 0.396. The Hall–Kier alpha value is -3.02. The SMILES string of the molecule is NC1=NN(Nc2ccccc2)NC(c2ccccn2)=C1. The summed E-state index contributed by atoms with van der Waals surface area (Å²) in [4.78, 5) is 4.28. The van der Waals surface area contributed by atoms with Crippen LogP contribution in [-0.2, 0) is 0 Å². The number of amidine groups is 1. The molecule has 0 radical (unpaired) electrons. The number of aromatic nitrogens is 1. The van der Waals surface area contributed by atoms with Crippen molar-refractivity contribution in [3.05, 3.63) is 66.5 Å². The standard InChI is InChI=1S/C14H14N6/c15-14-10-13(12-8-4-5-9-16-12)18-20(19-14)17-11-6-2-1-3-7-11/h1-10,17-18H,(H2,15,19). The third-order valence-corrected chi connectivity index (χ3v) is 2.68. The van der Waals surface area contributed by atoms with Crippen molar-refractivity contribution in [3.63, 3.8) is 0 Å². The van der Waals surface area contributed by atoms with Gasteiger partial charge in [-0.25, -0.2) is 0 Å². The summed E-state index contributed by atoms with van der Waals surface area (Å²) in [6.07, 6.45) is 3.47. The molecule has 2 heterocycles. The van der Waals surface area contributed by atoms with Crippen LogP contribution in [0.3, 0.4) is 0 Å². The summed E-state index contributed by atoms with van der Waals surface area (Å²) in [6, 6.07) is 15.4. The van der Waals surface area contributed by atoms with Gasteiger partial charge in [0.15, 0.2) is 0 Å². The Bertz CT molecular complexity index is 635. The summed E-state index contributed by atoms with van der Waals surface area (Å²) in [5, 5.41) is 5.62. The molecule has 1 aliphatic rings. The van der Waals surface area contributed by atoms with Crippen LogP contribution in [0, 0.1) is 0 Å². The molecule has 20 heavy (non-hydrogen) atoms. The Labute approximate surface area is 116 Å². The molecule has 0 aliphatic carbocycles. The zero-order valence-electron chi connectivity index (χ0n) is 10.7. The van der Waals surface area contributed by atoms with Crippen LogP contribution >= 0.6 is 0 Å². The highest BCUT2D eigenvalue weighted by molar-refractivity contribution is 5.98. The molecule has 0 bridgehead atoms. The maximum atomic E-state index is 5.83. The van der Waals surface area contributed by atoms with Gasteiger partial charge in [0.2, 0.25) is 0 Å². The molecule has 2 aromatic rings. The molecule has 0 spiro atoms. The number of hydrazine groups is 2. The molecule has 1 aliphatic heterocycles. The van der Waals surface area contributed by atoms with E-state index < -0.39 is 0 Å². The third-order valence-electron chi connectivity index (χ3n) is 2.68. The topological polar surface area (TPSA) is 78.6 Å². The lowest BCUT2D eigenvalue weighted by Gasteiger charge is -2.26. The molecule has 0 atom stereocenters. The fourth-order valence-corrected chi connectivity index (χ4v) is 1.80. The van der Waals surface area contributed by atoms with Crippen molar-refractivity contribution in [3.8, 4) is 0 Å². The van der Waals surface area contributed by atoms with E-state index in [9.17, 15) is 0 Å². The molecule has 3 rings (SSSR count). The number of hydrazone groups is 1. The number of benzene rings is 1. The van der Waals surface area contributed by atoms with Crippen molar-refractivity contribution >= 4 is 17.2 Å². The monoisotopic (exact) mass is 266 g/mol. The van der Waals surface area contributed by atoms with Crippen molar-refractivity contribution in [2.75, 3.05) is 5.43 Å². The average Bonchev–Trinajstić information content (AvgIpc) is 2.49. The van der Waals surface area contributed by atoms with E-state index in [1.807, 2.05) is 48.5 Å². The first-order valence-corrected chi connectivity index (χ1v) is 6.17.